The quantitative estimate of drug-likeness (QED) is 0.661. The lowest BCUT2D eigenvalue weighted by Crippen LogP contribution is -2.41. The Morgan fingerprint density at radius 2 is 2.05 bits per heavy atom. The first-order valence-corrected chi connectivity index (χ1v) is 6.96. The number of benzene rings is 1. The highest BCUT2D eigenvalue weighted by Gasteiger charge is 2.28. The van der Waals surface area contributed by atoms with Gasteiger partial charge in [0.1, 0.15) is 6.10 Å². The van der Waals surface area contributed by atoms with Gasteiger partial charge in [0.05, 0.1) is 11.5 Å². The van der Waals surface area contributed by atoms with Crippen LogP contribution in [-0.2, 0) is 0 Å². The number of rotatable bonds is 5. The summed E-state index contributed by atoms with van der Waals surface area (Å²) >= 11 is 0. The molecule has 2 N–H and O–H groups in total. The largest absolute Gasteiger partial charge is 0.487 e. The molecule has 1 aliphatic rings. The summed E-state index contributed by atoms with van der Waals surface area (Å²) in [6.07, 6.45) is 3.68. The van der Waals surface area contributed by atoms with Crippen LogP contribution in [0, 0.1) is 10.1 Å². The highest BCUT2D eigenvalue weighted by atomic mass is 16.6. The van der Waals surface area contributed by atoms with Crippen molar-refractivity contribution in [3.8, 4) is 11.5 Å². The maximum atomic E-state index is 11.3. The van der Waals surface area contributed by atoms with Crippen molar-refractivity contribution in [2.24, 2.45) is 5.73 Å². The van der Waals surface area contributed by atoms with Gasteiger partial charge in [-0.05, 0) is 38.3 Å². The molecule has 2 atom stereocenters. The standard InChI is InChI=1S/C14H20N2O4/c1-2-19-12-8-5-9-13(14(12)16(17)18)20-11-7-4-3-6-10(11)15/h5,8-11H,2-4,6-7,15H2,1H3. The fraction of sp³-hybridized carbons (Fsp3) is 0.571. The Labute approximate surface area is 118 Å². The van der Waals surface area contributed by atoms with Crippen LogP contribution in [0.25, 0.3) is 0 Å². The summed E-state index contributed by atoms with van der Waals surface area (Å²) in [4.78, 5) is 10.8. The summed E-state index contributed by atoms with van der Waals surface area (Å²) in [5.74, 6) is 0.475. The molecule has 0 saturated heterocycles. The molecule has 0 bridgehead atoms. The molecule has 2 unspecified atom stereocenters. The third-order valence-corrected chi connectivity index (χ3v) is 3.48. The van der Waals surface area contributed by atoms with Crippen LogP contribution in [-0.4, -0.2) is 23.7 Å². The number of hydrogen-bond donors (Lipinski definition) is 1. The van der Waals surface area contributed by atoms with Crippen LogP contribution >= 0.6 is 0 Å². The molecule has 0 radical (unpaired) electrons. The lowest BCUT2D eigenvalue weighted by molar-refractivity contribution is -0.387. The normalized spacial score (nSPS) is 22.3. The average molecular weight is 280 g/mol. The molecule has 1 aromatic carbocycles. The summed E-state index contributed by atoms with van der Waals surface area (Å²) in [5.41, 5.74) is 5.91. The van der Waals surface area contributed by atoms with Gasteiger partial charge in [-0.3, -0.25) is 10.1 Å². The summed E-state index contributed by atoms with van der Waals surface area (Å²) in [6, 6.07) is 4.80. The fourth-order valence-electron chi connectivity index (χ4n) is 2.48. The Kier molecular flexibility index (Phi) is 4.79. The van der Waals surface area contributed by atoms with Crippen LogP contribution in [0.15, 0.2) is 18.2 Å². The number of para-hydroxylation sites is 1. The minimum Gasteiger partial charge on any atom is -0.487 e. The second-order valence-corrected chi connectivity index (χ2v) is 4.90. The maximum absolute atomic E-state index is 11.3. The van der Waals surface area contributed by atoms with Crippen molar-refractivity contribution in [3.05, 3.63) is 28.3 Å². The maximum Gasteiger partial charge on any atom is 0.352 e. The summed E-state index contributed by atoms with van der Waals surface area (Å²) in [6.45, 7) is 2.15. The zero-order chi connectivity index (χ0) is 14.5. The van der Waals surface area contributed by atoms with Gasteiger partial charge in [0.2, 0.25) is 11.5 Å². The Morgan fingerprint density at radius 1 is 1.35 bits per heavy atom. The zero-order valence-corrected chi connectivity index (χ0v) is 11.6. The molecule has 1 aromatic rings. The summed E-state index contributed by atoms with van der Waals surface area (Å²) < 4.78 is 11.1. The van der Waals surface area contributed by atoms with Crippen molar-refractivity contribution < 1.29 is 14.4 Å². The zero-order valence-electron chi connectivity index (χ0n) is 11.6. The molecule has 1 fully saturated rings. The van der Waals surface area contributed by atoms with E-state index in [4.69, 9.17) is 15.2 Å². The molecule has 20 heavy (non-hydrogen) atoms. The fourth-order valence-corrected chi connectivity index (χ4v) is 2.48. The first kappa shape index (κ1) is 14.6. The SMILES string of the molecule is CCOc1cccc(OC2CCCCC2N)c1[N+](=O)[O-]. The van der Waals surface area contributed by atoms with E-state index in [0.29, 0.717) is 6.61 Å². The third-order valence-electron chi connectivity index (χ3n) is 3.48. The lowest BCUT2D eigenvalue weighted by atomic mass is 9.93. The molecule has 6 heteroatoms. The van der Waals surface area contributed by atoms with E-state index in [2.05, 4.69) is 0 Å². The van der Waals surface area contributed by atoms with Gasteiger partial charge in [-0.25, -0.2) is 0 Å². The molecule has 0 aromatic heterocycles. The molecular weight excluding hydrogens is 260 g/mol. The van der Waals surface area contributed by atoms with Gasteiger partial charge in [0, 0.05) is 6.04 Å². The van der Waals surface area contributed by atoms with Gasteiger partial charge in [0.15, 0.2) is 0 Å². The van der Waals surface area contributed by atoms with E-state index in [9.17, 15) is 10.1 Å². The average Bonchev–Trinajstić information content (AvgIpc) is 2.41. The molecule has 0 spiro atoms. The van der Waals surface area contributed by atoms with E-state index in [0.717, 1.165) is 25.7 Å². The Hall–Kier alpha value is -1.82. The number of nitrogens with two attached hydrogens (primary N) is 1. The molecule has 110 valence electrons. The van der Waals surface area contributed by atoms with Gasteiger partial charge >= 0.3 is 5.69 Å². The van der Waals surface area contributed by atoms with Gasteiger partial charge in [-0.1, -0.05) is 12.5 Å². The Bertz CT molecular complexity index is 478. The van der Waals surface area contributed by atoms with E-state index in [-0.39, 0.29) is 29.3 Å². The number of nitro groups is 1. The van der Waals surface area contributed by atoms with Crippen molar-refractivity contribution in [2.75, 3.05) is 6.61 Å². The van der Waals surface area contributed by atoms with E-state index in [1.165, 1.54) is 0 Å². The molecular formula is C14H20N2O4. The van der Waals surface area contributed by atoms with E-state index in [1.54, 1.807) is 25.1 Å². The highest BCUT2D eigenvalue weighted by molar-refractivity contribution is 5.57. The van der Waals surface area contributed by atoms with Gasteiger partial charge < -0.3 is 15.2 Å². The summed E-state index contributed by atoms with van der Waals surface area (Å²) in [7, 11) is 0. The van der Waals surface area contributed by atoms with Crippen molar-refractivity contribution in [1.82, 2.24) is 0 Å². The molecule has 1 saturated carbocycles. The molecule has 6 nitrogen and oxygen atoms in total. The number of hydrogen-bond acceptors (Lipinski definition) is 5. The first-order valence-electron chi connectivity index (χ1n) is 6.96. The van der Waals surface area contributed by atoms with Crippen molar-refractivity contribution in [2.45, 2.75) is 44.8 Å². The van der Waals surface area contributed by atoms with Crippen LogP contribution in [0.5, 0.6) is 11.5 Å². The first-order chi connectivity index (χ1) is 9.63. The van der Waals surface area contributed by atoms with E-state index < -0.39 is 4.92 Å². The third kappa shape index (κ3) is 3.19. The van der Waals surface area contributed by atoms with Crippen molar-refractivity contribution in [1.29, 1.82) is 0 Å². The predicted molar refractivity (Wildman–Crippen MR) is 75.1 cm³/mol. The molecule has 2 rings (SSSR count). The monoisotopic (exact) mass is 280 g/mol. The summed E-state index contributed by atoms with van der Waals surface area (Å²) in [5, 5.41) is 11.3. The van der Waals surface area contributed by atoms with Gasteiger partial charge in [-0.15, -0.1) is 0 Å². The predicted octanol–water partition coefficient (Wildman–Crippen LogP) is 2.64. The van der Waals surface area contributed by atoms with Crippen molar-refractivity contribution >= 4 is 5.69 Å². The van der Waals surface area contributed by atoms with E-state index in [1.807, 2.05) is 0 Å². The van der Waals surface area contributed by atoms with Crippen LogP contribution in [0.3, 0.4) is 0 Å². The lowest BCUT2D eigenvalue weighted by Gasteiger charge is -2.29. The van der Waals surface area contributed by atoms with Crippen LogP contribution in [0.1, 0.15) is 32.6 Å². The molecule has 0 heterocycles. The minimum atomic E-state index is -0.464. The van der Waals surface area contributed by atoms with Crippen LogP contribution in [0.2, 0.25) is 0 Å². The molecule has 1 aliphatic carbocycles. The van der Waals surface area contributed by atoms with Crippen LogP contribution in [0.4, 0.5) is 5.69 Å². The van der Waals surface area contributed by atoms with Crippen LogP contribution < -0.4 is 15.2 Å². The second kappa shape index (κ2) is 6.56. The Balaban J connectivity index is 2.26. The number of nitrogens with zero attached hydrogens (tertiary/aromatic N) is 1. The smallest absolute Gasteiger partial charge is 0.352 e. The van der Waals surface area contributed by atoms with Gasteiger partial charge in [-0.2, -0.15) is 0 Å². The molecule has 0 amide bonds. The molecule has 0 aliphatic heterocycles. The number of ether oxygens (including phenoxy) is 2. The minimum absolute atomic E-state index is 0.0703. The Morgan fingerprint density at radius 3 is 2.70 bits per heavy atom. The van der Waals surface area contributed by atoms with Gasteiger partial charge in [0.25, 0.3) is 0 Å². The number of nitro benzene ring substituents is 1. The topological polar surface area (TPSA) is 87.6 Å². The van der Waals surface area contributed by atoms with Crippen molar-refractivity contribution in [3.63, 3.8) is 0 Å². The highest BCUT2D eigenvalue weighted by Crippen LogP contribution is 2.38. The van der Waals surface area contributed by atoms with E-state index >= 15 is 0 Å². The second-order valence-electron chi connectivity index (χ2n) is 4.90.